The average molecular weight is 474 g/mol. The Balaban J connectivity index is 1.47. The predicted molar refractivity (Wildman–Crippen MR) is 123 cm³/mol. The second kappa shape index (κ2) is 9.40. The number of nitrogens with zero attached hydrogens (tertiary/aromatic N) is 3. The third-order valence-corrected chi connectivity index (χ3v) is 7.04. The molecule has 0 spiro atoms. The molecule has 2 aromatic heterocycles. The summed E-state index contributed by atoms with van der Waals surface area (Å²) in [6.45, 7) is 0.915. The maximum atomic E-state index is 11.8. The van der Waals surface area contributed by atoms with Gasteiger partial charge in [0.25, 0.3) is 0 Å². The van der Waals surface area contributed by atoms with Gasteiger partial charge < -0.3 is 24.0 Å². The second-order valence-corrected chi connectivity index (χ2v) is 10.2. The number of likely N-dealkylation sites (tertiary alicyclic amines) is 1. The van der Waals surface area contributed by atoms with Crippen molar-refractivity contribution >= 4 is 26.8 Å². The molecule has 1 N–H and O–H groups in total. The molecular formula is C23H27N3O6S. The number of aromatic nitrogens is 2. The molecule has 0 saturated carbocycles. The molecule has 3 aromatic rings. The van der Waals surface area contributed by atoms with E-state index < -0.39 is 15.9 Å². The van der Waals surface area contributed by atoms with Crippen molar-refractivity contribution in [1.82, 2.24) is 14.5 Å². The number of ether oxygens (including phenoxy) is 2. The Hall–Kier alpha value is -3.11. The zero-order valence-corrected chi connectivity index (χ0v) is 19.4. The summed E-state index contributed by atoms with van der Waals surface area (Å²) in [5, 5.41) is 10.2. The highest BCUT2D eigenvalue weighted by molar-refractivity contribution is 7.90. The zero-order valence-electron chi connectivity index (χ0n) is 18.5. The van der Waals surface area contributed by atoms with Crippen molar-refractivity contribution in [2.75, 3.05) is 26.5 Å². The molecule has 176 valence electrons. The molecule has 9 nitrogen and oxygen atoms in total. The van der Waals surface area contributed by atoms with Gasteiger partial charge >= 0.3 is 6.09 Å². The minimum Gasteiger partial charge on any atom is -0.489 e. The highest BCUT2D eigenvalue weighted by atomic mass is 32.2. The minimum atomic E-state index is -3.27. The molecular weight excluding hydrogens is 446 g/mol. The first-order valence-corrected chi connectivity index (χ1v) is 12.6. The van der Waals surface area contributed by atoms with Crippen LogP contribution in [0.3, 0.4) is 0 Å². The van der Waals surface area contributed by atoms with Crippen LogP contribution in [0.25, 0.3) is 16.7 Å². The molecule has 1 aromatic carbocycles. The zero-order chi connectivity index (χ0) is 23.6. The third kappa shape index (κ3) is 5.12. The van der Waals surface area contributed by atoms with Crippen LogP contribution in [0.2, 0.25) is 0 Å². The summed E-state index contributed by atoms with van der Waals surface area (Å²) in [6.07, 6.45) is 5.52. The molecule has 1 aliphatic heterocycles. The van der Waals surface area contributed by atoms with Crippen LogP contribution in [-0.4, -0.2) is 72.7 Å². The molecule has 0 aliphatic carbocycles. The largest absolute Gasteiger partial charge is 0.489 e. The van der Waals surface area contributed by atoms with Crippen molar-refractivity contribution in [3.8, 4) is 11.6 Å². The molecule has 0 bridgehead atoms. The smallest absolute Gasteiger partial charge is 0.407 e. The molecule has 1 aliphatic rings. The van der Waals surface area contributed by atoms with Gasteiger partial charge in [0.05, 0.1) is 16.6 Å². The van der Waals surface area contributed by atoms with E-state index in [4.69, 9.17) is 9.47 Å². The van der Waals surface area contributed by atoms with Crippen molar-refractivity contribution in [2.45, 2.75) is 36.3 Å². The molecule has 1 amide bonds. The Kier molecular flexibility index (Phi) is 6.57. The number of carbonyl (C=O) groups is 1. The first-order chi connectivity index (χ1) is 15.8. The number of piperidine rings is 1. The molecule has 33 heavy (non-hydrogen) atoms. The standard InChI is InChI=1S/C23H27N3O6S/c1-31-12-9-17-14-18(8-11-25(17)23(27)28)32-19-3-6-22(24-15-19)26-10-7-16-13-20(33(2,29)30)4-5-21(16)26/h3-7,10,13,15,17-18H,8-9,11-12,14H2,1-2H3,(H,27,28). The molecule has 3 heterocycles. The Morgan fingerprint density at radius 2 is 2.06 bits per heavy atom. The molecule has 10 heteroatoms. The van der Waals surface area contributed by atoms with Crippen LogP contribution in [0.5, 0.6) is 5.75 Å². The number of hydrogen-bond donors (Lipinski definition) is 1. The van der Waals surface area contributed by atoms with Crippen LogP contribution in [0.1, 0.15) is 19.3 Å². The minimum absolute atomic E-state index is 0.100. The Morgan fingerprint density at radius 3 is 2.73 bits per heavy atom. The van der Waals surface area contributed by atoms with E-state index in [9.17, 15) is 18.3 Å². The SMILES string of the molecule is COCCC1CC(Oc2ccc(-n3ccc4cc(S(C)(=O)=O)ccc43)nc2)CCN1C(=O)O. The van der Waals surface area contributed by atoms with Crippen LogP contribution in [0.15, 0.2) is 53.7 Å². The topological polar surface area (TPSA) is 111 Å². The quantitative estimate of drug-likeness (QED) is 0.560. The van der Waals surface area contributed by atoms with Gasteiger partial charge in [-0.05, 0) is 42.8 Å². The van der Waals surface area contributed by atoms with Crippen LogP contribution in [0.4, 0.5) is 4.79 Å². The number of fused-ring (bicyclic) bond motifs is 1. The van der Waals surface area contributed by atoms with Gasteiger partial charge in [0.2, 0.25) is 0 Å². The highest BCUT2D eigenvalue weighted by Gasteiger charge is 2.32. The molecule has 2 unspecified atom stereocenters. The fourth-order valence-electron chi connectivity index (χ4n) is 4.23. The number of carboxylic acid groups (broad SMARTS) is 1. The maximum Gasteiger partial charge on any atom is 0.407 e. The van der Waals surface area contributed by atoms with Gasteiger partial charge in [-0.2, -0.15) is 0 Å². The number of pyridine rings is 1. The average Bonchev–Trinajstić information content (AvgIpc) is 3.21. The first kappa shape index (κ1) is 23.1. The number of rotatable bonds is 7. The normalized spacial score (nSPS) is 19.0. The van der Waals surface area contributed by atoms with Gasteiger partial charge in [-0.15, -0.1) is 0 Å². The summed E-state index contributed by atoms with van der Waals surface area (Å²) in [5.74, 6) is 1.30. The summed E-state index contributed by atoms with van der Waals surface area (Å²) in [6, 6.07) is 10.4. The monoisotopic (exact) mass is 473 g/mol. The van der Waals surface area contributed by atoms with Crippen LogP contribution < -0.4 is 4.74 Å². The Morgan fingerprint density at radius 1 is 1.24 bits per heavy atom. The lowest BCUT2D eigenvalue weighted by atomic mass is 9.97. The van der Waals surface area contributed by atoms with Crippen LogP contribution in [0, 0.1) is 0 Å². The van der Waals surface area contributed by atoms with Crippen molar-refractivity contribution in [3.63, 3.8) is 0 Å². The van der Waals surface area contributed by atoms with Crippen molar-refractivity contribution in [2.24, 2.45) is 0 Å². The van der Waals surface area contributed by atoms with Crippen LogP contribution >= 0.6 is 0 Å². The fourth-order valence-corrected chi connectivity index (χ4v) is 4.89. The van der Waals surface area contributed by atoms with Gasteiger partial charge in [-0.1, -0.05) is 0 Å². The summed E-state index contributed by atoms with van der Waals surface area (Å²) in [5.41, 5.74) is 0.852. The maximum absolute atomic E-state index is 11.8. The summed E-state index contributed by atoms with van der Waals surface area (Å²) in [4.78, 5) is 17.8. The lowest BCUT2D eigenvalue weighted by Gasteiger charge is -2.37. The molecule has 0 radical (unpaired) electrons. The van der Waals surface area contributed by atoms with E-state index in [0.29, 0.717) is 44.0 Å². The molecule has 2 atom stereocenters. The number of hydrogen-bond acceptors (Lipinski definition) is 6. The number of benzene rings is 1. The lowest BCUT2D eigenvalue weighted by Crippen LogP contribution is -2.48. The fraction of sp³-hybridized carbons (Fsp3) is 0.391. The van der Waals surface area contributed by atoms with E-state index in [1.165, 1.54) is 11.2 Å². The van der Waals surface area contributed by atoms with Gasteiger partial charge in [0, 0.05) is 57.0 Å². The Bertz CT molecular complexity index is 1240. The van der Waals surface area contributed by atoms with Gasteiger partial charge in [-0.3, -0.25) is 0 Å². The van der Waals surface area contributed by atoms with Crippen molar-refractivity contribution in [3.05, 3.63) is 48.8 Å². The van der Waals surface area contributed by atoms with Gasteiger partial charge in [0.1, 0.15) is 17.7 Å². The molecule has 1 saturated heterocycles. The Labute approximate surface area is 192 Å². The third-order valence-electron chi connectivity index (χ3n) is 5.93. The second-order valence-electron chi connectivity index (χ2n) is 8.21. The van der Waals surface area contributed by atoms with E-state index in [-0.39, 0.29) is 17.0 Å². The van der Waals surface area contributed by atoms with E-state index >= 15 is 0 Å². The van der Waals surface area contributed by atoms with E-state index in [0.717, 1.165) is 10.9 Å². The number of amides is 1. The van der Waals surface area contributed by atoms with E-state index in [1.54, 1.807) is 31.5 Å². The molecule has 1 fully saturated rings. The predicted octanol–water partition coefficient (Wildman–Crippen LogP) is 3.36. The summed E-state index contributed by atoms with van der Waals surface area (Å²) < 4.78 is 36.7. The summed E-state index contributed by atoms with van der Waals surface area (Å²) in [7, 11) is -1.67. The molecule has 4 rings (SSSR count). The van der Waals surface area contributed by atoms with Gasteiger partial charge in [-0.25, -0.2) is 18.2 Å². The number of sulfone groups is 1. The summed E-state index contributed by atoms with van der Waals surface area (Å²) >= 11 is 0. The first-order valence-electron chi connectivity index (χ1n) is 10.7. The van der Waals surface area contributed by atoms with E-state index in [2.05, 4.69) is 4.98 Å². The number of methoxy groups -OCH3 is 1. The lowest BCUT2D eigenvalue weighted by molar-refractivity contribution is 0.0411. The highest BCUT2D eigenvalue weighted by Crippen LogP contribution is 2.26. The van der Waals surface area contributed by atoms with E-state index in [1.807, 2.05) is 29.0 Å². The van der Waals surface area contributed by atoms with Crippen molar-refractivity contribution < 1.29 is 27.8 Å². The van der Waals surface area contributed by atoms with Crippen LogP contribution in [-0.2, 0) is 14.6 Å². The van der Waals surface area contributed by atoms with Gasteiger partial charge in [0.15, 0.2) is 9.84 Å². The van der Waals surface area contributed by atoms with Crippen molar-refractivity contribution in [1.29, 1.82) is 0 Å².